The fraction of sp³-hybridized carbons (Fsp3) is 0.857. The van der Waals surface area contributed by atoms with E-state index in [1.807, 2.05) is 18.7 Å². The highest BCUT2D eigenvalue weighted by Crippen LogP contribution is 2.18. The Bertz CT molecular complexity index is 390. The quantitative estimate of drug-likeness (QED) is 0.833. The first-order valence-electron chi connectivity index (χ1n) is 7.51. The molecule has 0 saturated carbocycles. The lowest BCUT2D eigenvalue weighted by Crippen LogP contribution is -2.58. The molecular formula is C14H24N2O5. The Morgan fingerprint density at radius 2 is 2.05 bits per heavy atom. The molecule has 2 aliphatic rings. The molecule has 0 aromatic heterocycles. The van der Waals surface area contributed by atoms with Crippen molar-refractivity contribution in [2.24, 2.45) is 0 Å². The highest BCUT2D eigenvalue weighted by atomic mass is 16.5. The molecule has 3 unspecified atom stereocenters. The summed E-state index contributed by atoms with van der Waals surface area (Å²) in [4.78, 5) is 27.0. The largest absolute Gasteiger partial charge is 0.481 e. The average molecular weight is 300 g/mol. The number of carbonyl (C=O) groups is 2. The zero-order chi connectivity index (χ0) is 15.4. The lowest BCUT2D eigenvalue weighted by Gasteiger charge is -2.42. The molecule has 0 spiro atoms. The maximum Gasteiger partial charge on any atom is 0.320 e. The van der Waals surface area contributed by atoms with Crippen LogP contribution in [0.5, 0.6) is 0 Å². The van der Waals surface area contributed by atoms with Crippen molar-refractivity contribution in [3.05, 3.63) is 0 Å². The number of aliphatic carboxylic acids is 1. The van der Waals surface area contributed by atoms with Gasteiger partial charge in [-0.05, 0) is 13.3 Å². The van der Waals surface area contributed by atoms with E-state index in [9.17, 15) is 9.59 Å². The Hall–Kier alpha value is -1.34. The number of amides is 2. The number of hydrogen-bond donors (Lipinski definition) is 1. The van der Waals surface area contributed by atoms with Crippen molar-refractivity contribution in [2.45, 2.75) is 44.9 Å². The van der Waals surface area contributed by atoms with Gasteiger partial charge in [-0.3, -0.25) is 4.79 Å². The summed E-state index contributed by atoms with van der Waals surface area (Å²) in [5.41, 5.74) is 0. The molecule has 120 valence electrons. The number of carbonyl (C=O) groups excluding carboxylic acids is 1. The van der Waals surface area contributed by atoms with Crippen LogP contribution < -0.4 is 0 Å². The van der Waals surface area contributed by atoms with E-state index < -0.39 is 12.1 Å². The molecule has 0 bridgehead atoms. The number of hydrogen-bond acceptors (Lipinski definition) is 4. The molecule has 0 aliphatic carbocycles. The Balaban J connectivity index is 1.98. The van der Waals surface area contributed by atoms with Gasteiger partial charge in [0, 0.05) is 19.6 Å². The minimum Gasteiger partial charge on any atom is -0.481 e. The summed E-state index contributed by atoms with van der Waals surface area (Å²) >= 11 is 0. The second kappa shape index (κ2) is 7.09. The van der Waals surface area contributed by atoms with Crippen LogP contribution in [0.25, 0.3) is 0 Å². The standard InChI is InChI=1S/C14H24N2O5/c1-3-11-9-21-10(2)7-16(11)14(19)15-4-5-20-12(8-15)6-13(17)18/h10-12H,3-9H2,1-2H3,(H,17,18). The summed E-state index contributed by atoms with van der Waals surface area (Å²) in [6, 6.07) is 0.0603. The van der Waals surface area contributed by atoms with E-state index in [4.69, 9.17) is 14.6 Å². The van der Waals surface area contributed by atoms with Crippen molar-refractivity contribution in [1.29, 1.82) is 0 Å². The van der Waals surface area contributed by atoms with Crippen molar-refractivity contribution in [3.63, 3.8) is 0 Å². The van der Waals surface area contributed by atoms with E-state index in [1.165, 1.54) is 0 Å². The molecule has 1 N–H and O–H groups in total. The van der Waals surface area contributed by atoms with Gasteiger partial charge in [0.2, 0.25) is 0 Å². The van der Waals surface area contributed by atoms with Gasteiger partial charge in [0.1, 0.15) is 0 Å². The molecule has 0 radical (unpaired) electrons. The van der Waals surface area contributed by atoms with Crippen LogP contribution >= 0.6 is 0 Å². The highest BCUT2D eigenvalue weighted by molar-refractivity contribution is 5.75. The summed E-state index contributed by atoms with van der Waals surface area (Å²) in [5, 5.41) is 8.84. The fourth-order valence-electron chi connectivity index (χ4n) is 2.81. The molecule has 7 nitrogen and oxygen atoms in total. The molecule has 7 heteroatoms. The normalized spacial score (nSPS) is 30.3. The van der Waals surface area contributed by atoms with Gasteiger partial charge in [-0.1, -0.05) is 6.92 Å². The highest BCUT2D eigenvalue weighted by Gasteiger charge is 2.34. The van der Waals surface area contributed by atoms with Gasteiger partial charge < -0.3 is 24.4 Å². The first-order valence-corrected chi connectivity index (χ1v) is 7.51. The van der Waals surface area contributed by atoms with E-state index in [0.29, 0.717) is 32.8 Å². The number of rotatable bonds is 3. The van der Waals surface area contributed by atoms with Gasteiger partial charge >= 0.3 is 12.0 Å². The van der Waals surface area contributed by atoms with E-state index in [0.717, 1.165) is 6.42 Å². The minimum atomic E-state index is -0.902. The summed E-state index contributed by atoms with van der Waals surface area (Å²) in [7, 11) is 0. The zero-order valence-electron chi connectivity index (χ0n) is 12.7. The Morgan fingerprint density at radius 3 is 2.71 bits per heavy atom. The number of morpholine rings is 2. The van der Waals surface area contributed by atoms with E-state index in [1.54, 1.807) is 4.90 Å². The van der Waals surface area contributed by atoms with Crippen LogP contribution in [0.3, 0.4) is 0 Å². The van der Waals surface area contributed by atoms with Crippen LogP contribution in [0.15, 0.2) is 0 Å². The third-order valence-electron chi connectivity index (χ3n) is 4.00. The molecule has 2 aliphatic heterocycles. The molecule has 21 heavy (non-hydrogen) atoms. The van der Waals surface area contributed by atoms with Gasteiger partial charge in [0.25, 0.3) is 0 Å². The van der Waals surface area contributed by atoms with Crippen molar-refractivity contribution in [1.82, 2.24) is 9.80 Å². The van der Waals surface area contributed by atoms with Crippen LogP contribution in [0, 0.1) is 0 Å². The van der Waals surface area contributed by atoms with Gasteiger partial charge in [0.05, 0.1) is 37.9 Å². The molecular weight excluding hydrogens is 276 g/mol. The fourth-order valence-corrected chi connectivity index (χ4v) is 2.81. The Kier molecular flexibility index (Phi) is 5.41. The van der Waals surface area contributed by atoms with E-state index in [-0.39, 0.29) is 24.6 Å². The number of urea groups is 1. The Labute approximate surface area is 124 Å². The SMILES string of the molecule is CCC1COC(C)CN1C(=O)N1CCOC(CC(=O)O)C1. The maximum atomic E-state index is 12.7. The maximum absolute atomic E-state index is 12.7. The van der Waals surface area contributed by atoms with E-state index >= 15 is 0 Å². The molecule has 2 heterocycles. The summed E-state index contributed by atoms with van der Waals surface area (Å²) in [6.07, 6.45) is 0.397. The number of carboxylic acids is 1. The topological polar surface area (TPSA) is 79.3 Å². The predicted octanol–water partition coefficient (Wildman–Crippen LogP) is 0.781. The lowest BCUT2D eigenvalue weighted by atomic mass is 10.1. The van der Waals surface area contributed by atoms with Gasteiger partial charge in [-0.2, -0.15) is 0 Å². The number of carboxylic acid groups (broad SMARTS) is 1. The third-order valence-corrected chi connectivity index (χ3v) is 4.00. The van der Waals surface area contributed by atoms with Gasteiger partial charge in [0.15, 0.2) is 0 Å². The minimum absolute atomic E-state index is 0.0318. The smallest absolute Gasteiger partial charge is 0.320 e. The van der Waals surface area contributed by atoms with Crippen LogP contribution in [0.4, 0.5) is 4.79 Å². The van der Waals surface area contributed by atoms with Crippen LogP contribution in [-0.4, -0.2) is 78.0 Å². The predicted molar refractivity (Wildman–Crippen MR) is 75.2 cm³/mol. The van der Waals surface area contributed by atoms with Crippen LogP contribution in [-0.2, 0) is 14.3 Å². The Morgan fingerprint density at radius 1 is 1.29 bits per heavy atom. The lowest BCUT2D eigenvalue weighted by molar-refractivity contribution is -0.141. The van der Waals surface area contributed by atoms with Crippen molar-refractivity contribution < 1.29 is 24.2 Å². The number of ether oxygens (including phenoxy) is 2. The van der Waals surface area contributed by atoms with Gasteiger partial charge in [-0.25, -0.2) is 4.79 Å². The molecule has 2 saturated heterocycles. The zero-order valence-corrected chi connectivity index (χ0v) is 12.7. The number of nitrogens with zero attached hydrogens (tertiary/aromatic N) is 2. The molecule has 0 aromatic carbocycles. The van der Waals surface area contributed by atoms with Crippen molar-refractivity contribution in [2.75, 3.05) is 32.8 Å². The average Bonchev–Trinajstić information content (AvgIpc) is 2.46. The summed E-state index contributed by atoms with van der Waals surface area (Å²) in [6.45, 7) is 6.38. The second-order valence-electron chi connectivity index (χ2n) is 5.68. The van der Waals surface area contributed by atoms with Crippen molar-refractivity contribution in [3.8, 4) is 0 Å². The molecule has 3 atom stereocenters. The summed E-state index contributed by atoms with van der Waals surface area (Å²) in [5.74, 6) is -0.902. The van der Waals surface area contributed by atoms with Crippen LogP contribution in [0.2, 0.25) is 0 Å². The third kappa shape index (κ3) is 4.07. The first kappa shape index (κ1) is 16.0. The van der Waals surface area contributed by atoms with Crippen molar-refractivity contribution >= 4 is 12.0 Å². The molecule has 2 fully saturated rings. The first-order chi connectivity index (χ1) is 10.0. The van der Waals surface area contributed by atoms with Crippen LogP contribution in [0.1, 0.15) is 26.7 Å². The monoisotopic (exact) mass is 300 g/mol. The molecule has 2 rings (SSSR count). The van der Waals surface area contributed by atoms with Gasteiger partial charge in [-0.15, -0.1) is 0 Å². The summed E-state index contributed by atoms with van der Waals surface area (Å²) < 4.78 is 11.0. The molecule has 2 amide bonds. The molecule has 0 aromatic rings. The van der Waals surface area contributed by atoms with E-state index in [2.05, 4.69) is 0 Å². The second-order valence-corrected chi connectivity index (χ2v) is 5.68.